The van der Waals surface area contributed by atoms with Gasteiger partial charge >= 0.3 is 6.18 Å². The van der Waals surface area contributed by atoms with E-state index in [2.05, 4.69) is 4.98 Å². The number of ether oxygens (including phenoxy) is 1. The van der Waals surface area contributed by atoms with Gasteiger partial charge in [-0.25, -0.2) is 0 Å². The van der Waals surface area contributed by atoms with Gasteiger partial charge in [-0.05, 0) is 55.8 Å². The molecule has 0 spiro atoms. The fourth-order valence-electron chi connectivity index (χ4n) is 1.85. The van der Waals surface area contributed by atoms with Crippen LogP contribution in [0, 0.1) is 4.64 Å². The number of benzene rings is 1. The summed E-state index contributed by atoms with van der Waals surface area (Å²) in [5.41, 5.74) is 0.179. The molecule has 0 bridgehead atoms. The maximum Gasteiger partial charge on any atom is 0.416 e. The minimum Gasteiger partial charge on any atom is -0.491 e. The predicted octanol–water partition coefficient (Wildman–Crippen LogP) is 5.22. The van der Waals surface area contributed by atoms with Crippen LogP contribution in [0.5, 0.6) is 5.75 Å². The van der Waals surface area contributed by atoms with Crippen molar-refractivity contribution in [3.8, 4) is 17.0 Å². The van der Waals surface area contributed by atoms with Gasteiger partial charge in [0.15, 0.2) is 0 Å². The zero-order valence-corrected chi connectivity index (χ0v) is 12.3. The predicted molar refractivity (Wildman–Crippen MR) is 77.8 cm³/mol. The van der Waals surface area contributed by atoms with Crippen molar-refractivity contribution in [3.63, 3.8) is 0 Å². The van der Waals surface area contributed by atoms with Crippen LogP contribution in [0.15, 0.2) is 36.4 Å². The Labute approximate surface area is 125 Å². The van der Waals surface area contributed by atoms with E-state index in [1.54, 1.807) is 24.3 Å². The van der Waals surface area contributed by atoms with Crippen LogP contribution in [-0.2, 0) is 6.18 Å². The van der Waals surface area contributed by atoms with E-state index in [9.17, 15) is 13.2 Å². The number of hydrogen-bond donors (Lipinski definition) is 1. The first-order valence-corrected chi connectivity index (χ1v) is 6.75. The van der Waals surface area contributed by atoms with Crippen LogP contribution in [0.3, 0.4) is 0 Å². The summed E-state index contributed by atoms with van der Waals surface area (Å²) >= 11 is 4.86. The molecule has 0 fully saturated rings. The molecule has 2 rings (SSSR count). The van der Waals surface area contributed by atoms with Crippen molar-refractivity contribution >= 4 is 12.2 Å². The van der Waals surface area contributed by atoms with Crippen LogP contribution in [0.2, 0.25) is 0 Å². The van der Waals surface area contributed by atoms with Gasteiger partial charge in [0.05, 0.1) is 11.7 Å². The van der Waals surface area contributed by atoms with Gasteiger partial charge in [-0.1, -0.05) is 12.2 Å². The van der Waals surface area contributed by atoms with Gasteiger partial charge in [-0.15, -0.1) is 0 Å². The minimum absolute atomic E-state index is 0.0372. The number of H-pyrrole nitrogens is 1. The summed E-state index contributed by atoms with van der Waals surface area (Å²) in [5, 5.41) is 0. The molecule has 1 N–H and O–H groups in total. The van der Waals surface area contributed by atoms with Crippen LogP contribution in [0.4, 0.5) is 13.2 Å². The number of hydrogen-bond acceptors (Lipinski definition) is 2. The lowest BCUT2D eigenvalue weighted by Crippen LogP contribution is -2.06. The van der Waals surface area contributed by atoms with Crippen molar-refractivity contribution in [1.29, 1.82) is 0 Å². The molecule has 0 unspecified atom stereocenters. The van der Waals surface area contributed by atoms with E-state index in [-0.39, 0.29) is 10.7 Å². The maximum absolute atomic E-state index is 12.8. The lowest BCUT2D eigenvalue weighted by molar-refractivity contribution is -0.137. The Morgan fingerprint density at radius 2 is 1.71 bits per heavy atom. The largest absolute Gasteiger partial charge is 0.491 e. The maximum atomic E-state index is 12.8. The number of rotatable bonds is 3. The number of aromatic amines is 1. The van der Waals surface area contributed by atoms with Crippen molar-refractivity contribution < 1.29 is 17.9 Å². The van der Waals surface area contributed by atoms with Gasteiger partial charge in [-0.3, -0.25) is 0 Å². The summed E-state index contributed by atoms with van der Waals surface area (Å²) in [4.78, 5) is 2.77. The van der Waals surface area contributed by atoms with E-state index in [4.69, 9.17) is 17.0 Å². The highest BCUT2D eigenvalue weighted by Gasteiger charge is 2.31. The van der Waals surface area contributed by atoms with E-state index in [0.717, 1.165) is 12.1 Å². The summed E-state index contributed by atoms with van der Waals surface area (Å²) in [7, 11) is 0. The van der Waals surface area contributed by atoms with Gasteiger partial charge in [0.1, 0.15) is 10.4 Å². The third-order valence-electron chi connectivity index (χ3n) is 2.71. The third kappa shape index (κ3) is 4.07. The van der Waals surface area contributed by atoms with Crippen molar-refractivity contribution in [2.45, 2.75) is 26.1 Å². The number of alkyl halides is 3. The molecule has 2 aromatic rings. The van der Waals surface area contributed by atoms with Gasteiger partial charge in [-0.2, -0.15) is 13.2 Å². The molecule has 0 aliphatic carbocycles. The highest BCUT2D eigenvalue weighted by molar-refractivity contribution is 7.71. The number of pyridine rings is 1. The van der Waals surface area contributed by atoms with Gasteiger partial charge < -0.3 is 9.72 Å². The molecule has 112 valence electrons. The zero-order chi connectivity index (χ0) is 15.6. The fraction of sp³-hybridized carbons (Fsp3) is 0.267. The first-order chi connectivity index (χ1) is 9.75. The number of aromatic nitrogens is 1. The standard InChI is InChI=1S/C15H14F3NOS/c1-9(2)20-12-5-3-10(4-6-12)13-7-11(15(16,17)18)8-14(21)19-13/h3-9H,1-2H3,(H,19,21). The van der Waals surface area contributed by atoms with Crippen LogP contribution in [-0.4, -0.2) is 11.1 Å². The topological polar surface area (TPSA) is 25.0 Å². The molecule has 0 amide bonds. The Morgan fingerprint density at radius 3 is 2.24 bits per heavy atom. The third-order valence-corrected chi connectivity index (χ3v) is 2.93. The Kier molecular flexibility index (Phi) is 4.37. The molecule has 0 aliphatic heterocycles. The second-order valence-electron chi connectivity index (χ2n) is 4.84. The van der Waals surface area contributed by atoms with Crippen LogP contribution >= 0.6 is 12.2 Å². The first-order valence-electron chi connectivity index (χ1n) is 6.34. The second-order valence-corrected chi connectivity index (χ2v) is 5.28. The van der Waals surface area contributed by atoms with Crippen molar-refractivity contribution in [3.05, 3.63) is 46.6 Å². The molecule has 0 radical (unpaired) electrons. The molecule has 21 heavy (non-hydrogen) atoms. The van der Waals surface area contributed by atoms with E-state index in [0.29, 0.717) is 17.0 Å². The van der Waals surface area contributed by atoms with E-state index >= 15 is 0 Å². The molecule has 0 saturated carbocycles. The van der Waals surface area contributed by atoms with E-state index in [1.165, 1.54) is 0 Å². The molecule has 1 aromatic heterocycles. The molecule has 2 nitrogen and oxygen atoms in total. The molecule has 0 saturated heterocycles. The normalized spacial score (nSPS) is 11.7. The Balaban J connectivity index is 2.38. The fourth-order valence-corrected chi connectivity index (χ4v) is 2.08. The Bertz CT molecular complexity index is 675. The molecule has 1 heterocycles. The highest BCUT2D eigenvalue weighted by atomic mass is 32.1. The van der Waals surface area contributed by atoms with Crippen molar-refractivity contribution in [1.82, 2.24) is 4.98 Å². The zero-order valence-electron chi connectivity index (χ0n) is 11.5. The molecule has 1 aromatic carbocycles. The summed E-state index contributed by atoms with van der Waals surface area (Å²) in [6, 6.07) is 8.78. The van der Waals surface area contributed by atoms with Gasteiger partial charge in [0.25, 0.3) is 0 Å². The molecular weight excluding hydrogens is 299 g/mol. The second kappa shape index (κ2) is 5.89. The Morgan fingerprint density at radius 1 is 1.10 bits per heavy atom. The molecular formula is C15H14F3NOS. The summed E-state index contributed by atoms with van der Waals surface area (Å²) in [6.45, 7) is 3.80. The lowest BCUT2D eigenvalue weighted by Gasteiger charge is -2.11. The molecule has 6 heteroatoms. The SMILES string of the molecule is CC(C)Oc1ccc(-c2cc(C(F)(F)F)cc(=S)[nH]2)cc1. The van der Waals surface area contributed by atoms with Crippen LogP contribution in [0.1, 0.15) is 19.4 Å². The lowest BCUT2D eigenvalue weighted by atomic mass is 10.1. The average molecular weight is 313 g/mol. The Hall–Kier alpha value is -1.82. The van der Waals surface area contributed by atoms with E-state index in [1.807, 2.05) is 13.8 Å². The van der Waals surface area contributed by atoms with Crippen LogP contribution < -0.4 is 4.74 Å². The summed E-state index contributed by atoms with van der Waals surface area (Å²) in [5.74, 6) is 0.666. The van der Waals surface area contributed by atoms with Crippen molar-refractivity contribution in [2.24, 2.45) is 0 Å². The quantitative estimate of drug-likeness (QED) is 0.786. The minimum atomic E-state index is -4.42. The highest BCUT2D eigenvalue weighted by Crippen LogP contribution is 2.32. The summed E-state index contributed by atoms with van der Waals surface area (Å²) < 4.78 is 43.9. The van der Waals surface area contributed by atoms with Gasteiger partial charge in [0.2, 0.25) is 0 Å². The first kappa shape index (κ1) is 15.6. The van der Waals surface area contributed by atoms with Crippen LogP contribution in [0.25, 0.3) is 11.3 Å². The number of halogens is 3. The van der Waals surface area contributed by atoms with Gasteiger partial charge in [0, 0.05) is 5.69 Å². The average Bonchev–Trinajstić information content (AvgIpc) is 2.37. The summed E-state index contributed by atoms with van der Waals surface area (Å²) in [6.07, 6.45) is -4.38. The smallest absolute Gasteiger partial charge is 0.416 e. The monoisotopic (exact) mass is 313 g/mol. The van der Waals surface area contributed by atoms with E-state index < -0.39 is 11.7 Å². The molecule has 0 aliphatic rings. The molecule has 0 atom stereocenters. The van der Waals surface area contributed by atoms with Crippen molar-refractivity contribution in [2.75, 3.05) is 0 Å². The number of nitrogens with one attached hydrogen (secondary N) is 1.